The molecule has 0 spiro atoms. The van der Waals surface area contributed by atoms with E-state index in [1.54, 1.807) is 17.0 Å². The Bertz CT molecular complexity index is 1620. The van der Waals surface area contributed by atoms with Crippen LogP contribution in [0.3, 0.4) is 0 Å². The Kier molecular flexibility index (Phi) is 7.15. The lowest BCUT2D eigenvalue weighted by Gasteiger charge is -2.32. The lowest BCUT2D eigenvalue weighted by molar-refractivity contribution is -0.127. The van der Waals surface area contributed by atoms with Crippen LogP contribution in [0.4, 0.5) is 5.82 Å². The second-order valence-electron chi connectivity index (χ2n) is 9.01. The molecule has 1 aliphatic heterocycles. The highest BCUT2D eigenvalue weighted by Crippen LogP contribution is 2.34. The molecule has 5 rings (SSSR count). The number of halogens is 1. The first kappa shape index (κ1) is 25.8. The maximum absolute atomic E-state index is 12.6. The van der Waals surface area contributed by atoms with Crippen molar-refractivity contribution in [2.24, 2.45) is 0 Å². The van der Waals surface area contributed by atoms with Gasteiger partial charge in [-0.15, -0.1) is 0 Å². The molecule has 0 unspecified atom stereocenters. The minimum absolute atomic E-state index is 0.0710. The van der Waals surface area contributed by atoms with E-state index in [1.165, 1.54) is 24.5 Å². The Balaban J connectivity index is 1.41. The van der Waals surface area contributed by atoms with Crippen LogP contribution in [0.5, 0.6) is 0 Å². The molecule has 3 heterocycles. The Morgan fingerprint density at radius 3 is 2.74 bits per heavy atom. The quantitative estimate of drug-likeness (QED) is 0.335. The Hall–Kier alpha value is -3.80. The Morgan fingerprint density at radius 2 is 2.00 bits per heavy atom. The van der Waals surface area contributed by atoms with Crippen molar-refractivity contribution in [2.45, 2.75) is 30.3 Å². The fraction of sp³-hybridized carbons (Fsp3) is 0.231. The number of hydrogen-bond acceptors (Lipinski definition) is 7. The van der Waals surface area contributed by atoms with Crippen LogP contribution >= 0.6 is 11.6 Å². The number of nitrogens with one attached hydrogen (secondary N) is 1. The number of rotatable bonds is 7. The van der Waals surface area contributed by atoms with Gasteiger partial charge in [0.2, 0.25) is 15.9 Å². The fourth-order valence-electron chi connectivity index (χ4n) is 4.61. The smallest absolute Gasteiger partial charge is 0.246 e. The second-order valence-corrected chi connectivity index (χ2v) is 11.2. The highest BCUT2D eigenvalue weighted by molar-refractivity contribution is 7.89. The van der Waals surface area contributed by atoms with Gasteiger partial charge in [0, 0.05) is 30.2 Å². The number of carbonyl (C=O) groups excluding carboxylic acids is 1. The van der Waals surface area contributed by atoms with Gasteiger partial charge in [-0.1, -0.05) is 48.5 Å². The molecule has 1 aliphatic rings. The number of piperidine rings is 1. The Morgan fingerprint density at radius 1 is 1.21 bits per heavy atom. The van der Waals surface area contributed by atoms with Gasteiger partial charge < -0.3 is 10.6 Å². The maximum atomic E-state index is 12.6. The number of amides is 1. The van der Waals surface area contributed by atoms with Crippen molar-refractivity contribution in [2.75, 3.05) is 18.8 Å². The van der Waals surface area contributed by atoms with Gasteiger partial charge in [-0.05, 0) is 42.7 Å². The topological polar surface area (TPSA) is 136 Å². The zero-order valence-corrected chi connectivity index (χ0v) is 22.0. The van der Waals surface area contributed by atoms with Gasteiger partial charge in [0.05, 0.1) is 16.3 Å². The summed E-state index contributed by atoms with van der Waals surface area (Å²) < 4.78 is 29.7. The lowest BCUT2D eigenvalue weighted by Crippen LogP contribution is -2.40. The van der Waals surface area contributed by atoms with E-state index in [-0.39, 0.29) is 23.4 Å². The minimum Gasteiger partial charge on any atom is -0.383 e. The molecule has 1 atom stereocenters. The molecule has 0 radical (unpaired) electrons. The van der Waals surface area contributed by atoms with Gasteiger partial charge in [-0.2, -0.15) is 5.10 Å². The summed E-state index contributed by atoms with van der Waals surface area (Å²) in [6.07, 6.45) is 4.41. The number of fused-ring (bicyclic) bond motifs is 1. The summed E-state index contributed by atoms with van der Waals surface area (Å²) in [7, 11) is -3.72. The van der Waals surface area contributed by atoms with E-state index in [4.69, 9.17) is 22.4 Å². The normalized spacial score (nSPS) is 16.0. The molecule has 1 saturated heterocycles. The van der Waals surface area contributed by atoms with Crippen LogP contribution in [-0.4, -0.2) is 52.1 Å². The first-order valence-electron chi connectivity index (χ1n) is 12.0. The zero-order valence-electron chi connectivity index (χ0n) is 20.4. The van der Waals surface area contributed by atoms with Crippen molar-refractivity contribution in [3.8, 4) is 11.3 Å². The lowest BCUT2D eigenvalue weighted by atomic mass is 10.1. The van der Waals surface area contributed by atoms with Crippen LogP contribution < -0.4 is 10.5 Å². The number of carbonyl (C=O) groups is 1. The van der Waals surface area contributed by atoms with E-state index < -0.39 is 10.0 Å². The van der Waals surface area contributed by atoms with Crippen LogP contribution in [0.2, 0.25) is 5.02 Å². The van der Waals surface area contributed by atoms with Gasteiger partial charge in [-0.3, -0.25) is 4.79 Å². The number of sulfonamides is 1. The molecule has 1 amide bonds. The van der Waals surface area contributed by atoms with E-state index in [2.05, 4.69) is 21.3 Å². The number of anilines is 1. The summed E-state index contributed by atoms with van der Waals surface area (Å²) >= 11 is 5.94. The maximum Gasteiger partial charge on any atom is 0.246 e. The van der Waals surface area contributed by atoms with E-state index in [1.807, 2.05) is 28.9 Å². The van der Waals surface area contributed by atoms with E-state index >= 15 is 0 Å². The predicted octanol–water partition coefficient (Wildman–Crippen LogP) is 3.56. The average molecular weight is 552 g/mol. The number of nitrogens with zero attached hydrogens (tertiary/aromatic N) is 5. The van der Waals surface area contributed by atoms with Crippen molar-refractivity contribution in [3.63, 3.8) is 0 Å². The molecule has 2 aromatic heterocycles. The number of aromatic nitrogens is 4. The summed E-state index contributed by atoms with van der Waals surface area (Å²) in [5, 5.41) is 5.85. The molecule has 2 aromatic carbocycles. The van der Waals surface area contributed by atoms with Crippen molar-refractivity contribution in [1.29, 1.82) is 0 Å². The molecule has 12 heteroatoms. The molecule has 10 nitrogen and oxygen atoms in total. The van der Waals surface area contributed by atoms with Crippen molar-refractivity contribution < 1.29 is 13.2 Å². The highest BCUT2D eigenvalue weighted by Gasteiger charge is 2.28. The third kappa shape index (κ3) is 5.13. The van der Waals surface area contributed by atoms with Gasteiger partial charge in [-0.25, -0.2) is 27.8 Å². The molecule has 4 aromatic rings. The summed E-state index contributed by atoms with van der Waals surface area (Å²) in [5.41, 5.74) is 9.03. The third-order valence-electron chi connectivity index (χ3n) is 6.55. The molecule has 0 bridgehead atoms. The van der Waals surface area contributed by atoms with Crippen LogP contribution in [0.25, 0.3) is 22.3 Å². The monoisotopic (exact) mass is 551 g/mol. The molecule has 0 aliphatic carbocycles. The van der Waals surface area contributed by atoms with Gasteiger partial charge in [0.1, 0.15) is 17.8 Å². The van der Waals surface area contributed by atoms with Crippen LogP contribution in [-0.2, 0) is 21.4 Å². The number of hydrogen-bond donors (Lipinski definition) is 2. The fourth-order valence-corrected chi connectivity index (χ4v) is 5.93. The minimum atomic E-state index is -3.72. The largest absolute Gasteiger partial charge is 0.383 e. The van der Waals surface area contributed by atoms with Gasteiger partial charge >= 0.3 is 0 Å². The first-order chi connectivity index (χ1) is 18.3. The SMILES string of the molecule is C=CC(=O)N1CCC[C@@H](n2nc(-c3ccc(CNS(=O)(=O)c4cccc(Cl)c4)cc3)c3c(N)ncnc32)C1. The standard InChI is InChI=1S/C26H26ClN7O3S/c1-2-22(35)33-12-4-6-20(15-33)34-26-23(25(28)29-16-30-26)24(32-34)18-10-8-17(9-11-18)14-31-38(36,37)21-7-3-5-19(27)13-21/h2-3,5,7-11,13,16,20,31H,1,4,6,12,14-15H2,(H2,28,29,30)/t20-/m1/s1. The third-order valence-corrected chi connectivity index (χ3v) is 8.18. The Labute approximate surface area is 225 Å². The van der Waals surface area contributed by atoms with E-state index in [9.17, 15) is 13.2 Å². The van der Waals surface area contributed by atoms with Crippen molar-refractivity contribution in [1.82, 2.24) is 29.4 Å². The van der Waals surface area contributed by atoms with Crippen LogP contribution in [0.15, 0.2) is 72.4 Å². The highest BCUT2D eigenvalue weighted by atomic mass is 35.5. The van der Waals surface area contributed by atoms with Gasteiger partial charge in [0.25, 0.3) is 0 Å². The second kappa shape index (κ2) is 10.5. The number of benzene rings is 2. The summed E-state index contributed by atoms with van der Waals surface area (Å²) in [6, 6.07) is 13.4. The molecule has 196 valence electrons. The van der Waals surface area contributed by atoms with Crippen molar-refractivity contribution in [3.05, 3.63) is 78.1 Å². The van der Waals surface area contributed by atoms with E-state index in [0.717, 1.165) is 24.0 Å². The average Bonchev–Trinajstić information content (AvgIpc) is 3.33. The summed E-state index contributed by atoms with van der Waals surface area (Å²) in [6.45, 7) is 4.87. The molecule has 38 heavy (non-hydrogen) atoms. The molecule has 3 N–H and O–H groups in total. The van der Waals surface area contributed by atoms with E-state index in [0.29, 0.717) is 40.7 Å². The molecular formula is C26H26ClN7O3S. The summed E-state index contributed by atoms with van der Waals surface area (Å²) in [5.74, 6) is 0.201. The molecule has 0 saturated carbocycles. The zero-order chi connectivity index (χ0) is 26.9. The van der Waals surface area contributed by atoms with Crippen LogP contribution in [0, 0.1) is 0 Å². The van der Waals surface area contributed by atoms with Crippen molar-refractivity contribution >= 4 is 44.4 Å². The molecular weight excluding hydrogens is 526 g/mol. The number of nitrogen functional groups attached to an aromatic ring is 1. The summed E-state index contributed by atoms with van der Waals surface area (Å²) in [4.78, 5) is 22.7. The van der Waals surface area contributed by atoms with Crippen LogP contribution in [0.1, 0.15) is 24.4 Å². The predicted molar refractivity (Wildman–Crippen MR) is 146 cm³/mol. The molecule has 1 fully saturated rings. The van der Waals surface area contributed by atoms with Gasteiger partial charge in [0.15, 0.2) is 5.65 Å². The first-order valence-corrected chi connectivity index (χ1v) is 13.9. The number of likely N-dealkylation sites (tertiary alicyclic amines) is 1. The number of nitrogens with two attached hydrogens (primary N) is 1.